The van der Waals surface area contributed by atoms with Crippen molar-refractivity contribution in [3.05, 3.63) is 197 Å². The zero-order valence-electron chi connectivity index (χ0n) is 91.7. The average Bonchev–Trinajstić information content (AvgIpc) is 1.59. The van der Waals surface area contributed by atoms with Gasteiger partial charge in [-0.05, 0) is 366 Å². The third kappa shape index (κ3) is 23.7. The number of allylic oxidation sites excluding steroid dienone is 1. The van der Waals surface area contributed by atoms with Crippen LogP contribution in [0.4, 0.5) is 0 Å². The lowest BCUT2D eigenvalue weighted by molar-refractivity contribution is -0.139. The van der Waals surface area contributed by atoms with E-state index in [1.165, 1.54) is 120 Å². The number of Topliss-reactive ketones (excluding diaryl/α,β-unsaturated/α-hetero) is 5. The Labute approximate surface area is 890 Å². The molecule has 784 valence electrons. The van der Waals surface area contributed by atoms with Crippen LogP contribution >= 0.6 is 56.7 Å². The minimum absolute atomic E-state index is 0.000987. The number of aliphatic hydroxyl groups is 1. The predicted molar refractivity (Wildman–Crippen MR) is 602 cm³/mol. The van der Waals surface area contributed by atoms with Crippen LogP contribution in [0, 0.1) is 41.5 Å². The number of nitrogens with one attached hydrogen (secondary N) is 1. The summed E-state index contributed by atoms with van der Waals surface area (Å²) in [6, 6.07) is 9.25. The van der Waals surface area contributed by atoms with Crippen molar-refractivity contribution in [2.45, 2.75) is 374 Å². The van der Waals surface area contributed by atoms with Crippen LogP contribution in [0.3, 0.4) is 0 Å². The quantitative estimate of drug-likeness (QED) is 0.0675. The van der Waals surface area contributed by atoms with E-state index in [1.807, 2.05) is 216 Å². The van der Waals surface area contributed by atoms with E-state index in [0.29, 0.717) is 12.2 Å². The predicted octanol–water partition coefficient (Wildman–Crippen LogP) is 27.1. The van der Waals surface area contributed by atoms with E-state index >= 15 is 0 Å². The molecule has 1 aliphatic heterocycles. The first-order valence-corrected chi connectivity index (χ1v) is 56.5. The Kier molecular flexibility index (Phi) is 33.1. The van der Waals surface area contributed by atoms with E-state index < -0.39 is 58.5 Å². The second-order valence-corrected chi connectivity index (χ2v) is 50.9. The van der Waals surface area contributed by atoms with E-state index in [1.54, 1.807) is 98.7 Å². The Morgan fingerprint density at radius 2 is 0.709 bits per heavy atom. The number of carbonyl (C=O) groups is 5. The number of carbonyl (C=O) groups excluding carboxylic acids is 5. The van der Waals surface area contributed by atoms with Gasteiger partial charge in [-0.3, -0.25) is 48.5 Å². The molecule has 0 bridgehead atoms. The Bertz CT molecular complexity index is 7590. The average molecular weight is 2100 g/mol. The van der Waals surface area contributed by atoms with Crippen molar-refractivity contribution in [3.8, 4) is 44.6 Å². The van der Waals surface area contributed by atoms with Gasteiger partial charge in [-0.15, -0.1) is 56.7 Å². The first kappa shape index (κ1) is 110. The number of ketones is 5. The summed E-state index contributed by atoms with van der Waals surface area (Å²) in [5, 5.41) is 27.1. The summed E-state index contributed by atoms with van der Waals surface area (Å²) in [5.41, 5.74) is 25.0. The van der Waals surface area contributed by atoms with Crippen LogP contribution in [-0.4, -0.2) is 129 Å². The van der Waals surface area contributed by atoms with Gasteiger partial charge < -0.3 is 33.4 Å². The smallest absolute Gasteiger partial charge is 0.250 e. The van der Waals surface area contributed by atoms with Crippen molar-refractivity contribution in [1.82, 2.24) is 54.4 Å². The largest absolute Gasteiger partial charge is 0.390 e. The molecule has 24 nitrogen and oxygen atoms in total. The van der Waals surface area contributed by atoms with Gasteiger partial charge in [0.05, 0.1) is 58.7 Å². The van der Waals surface area contributed by atoms with Gasteiger partial charge in [-0.1, -0.05) is 12.1 Å². The lowest BCUT2D eigenvalue weighted by Crippen LogP contribution is -2.28. The maximum absolute atomic E-state index is 12.8. The fraction of sp³-hybridized carbons (Fsp3) is 0.504. The first-order chi connectivity index (χ1) is 69.9. The fourth-order valence-corrected chi connectivity index (χ4v) is 28.3. The molecular weight excluding hydrogens is 1950 g/mol. The molecule has 6 aliphatic rings. The summed E-state index contributed by atoms with van der Waals surface area (Å²) in [4.78, 5) is 122. The summed E-state index contributed by atoms with van der Waals surface area (Å²) in [5.74, 6) is -0.0797. The highest BCUT2D eigenvalue weighted by Gasteiger charge is 2.41. The number of aromatic amines is 1. The molecule has 5 aliphatic carbocycles. The molecule has 5 atom stereocenters. The number of hydrogen-bond donors (Lipinski definition) is 2. The normalized spacial score (nSPS) is 15.8. The van der Waals surface area contributed by atoms with Gasteiger partial charge in [0.25, 0.3) is 0 Å². The number of aliphatic imine (C=N–C) groups is 1. The molecule has 5 unspecified atom stereocenters. The van der Waals surface area contributed by atoms with Crippen molar-refractivity contribution in [2.75, 3.05) is 6.54 Å². The van der Waals surface area contributed by atoms with Gasteiger partial charge in [0.2, 0.25) is 5.56 Å². The number of thiophene rings is 5. The number of nitrogens with zero attached hydrogens (tertiary/aromatic N) is 11. The number of aromatic nitrogens is 11. The third-order valence-corrected chi connectivity index (χ3v) is 34.0. The van der Waals surface area contributed by atoms with Crippen LogP contribution in [0.15, 0.2) is 71.0 Å². The van der Waals surface area contributed by atoms with Crippen LogP contribution in [0.5, 0.6) is 0 Å². The van der Waals surface area contributed by atoms with E-state index in [0.717, 1.165) is 230 Å². The summed E-state index contributed by atoms with van der Waals surface area (Å²) >= 11 is 8.97. The van der Waals surface area contributed by atoms with Crippen LogP contribution in [0.2, 0.25) is 0 Å². The highest BCUT2D eigenvalue weighted by Crippen LogP contribution is 2.54. The molecule has 0 amide bonds. The van der Waals surface area contributed by atoms with E-state index in [9.17, 15) is 33.9 Å². The number of fused-ring (bicyclic) bond motifs is 15. The first-order valence-electron chi connectivity index (χ1n) is 52.4. The second-order valence-electron chi connectivity index (χ2n) is 45.4. The van der Waals surface area contributed by atoms with E-state index in [-0.39, 0.29) is 41.1 Å². The van der Waals surface area contributed by atoms with Crippen LogP contribution < -0.4 is 5.56 Å². The minimum Gasteiger partial charge on any atom is -0.390 e. The van der Waals surface area contributed by atoms with Crippen molar-refractivity contribution in [2.24, 2.45) is 19.1 Å². The lowest BCUT2D eigenvalue weighted by atomic mass is 9.87. The molecule has 0 saturated carbocycles. The number of ether oxygens (including phenoxy) is 5. The van der Waals surface area contributed by atoms with E-state index in [4.69, 9.17) is 48.6 Å². The highest BCUT2D eigenvalue weighted by molar-refractivity contribution is 7.20. The fourth-order valence-electron chi connectivity index (χ4n) is 21.7. The molecule has 0 aromatic carbocycles. The molecule has 14 aromatic rings. The Balaban J connectivity index is 0.000000132. The third-order valence-electron chi connectivity index (χ3n) is 28.0. The van der Waals surface area contributed by atoms with Gasteiger partial charge in [0.1, 0.15) is 54.7 Å². The molecule has 2 N–H and O–H groups in total. The molecule has 0 radical (unpaired) electrons. The highest BCUT2D eigenvalue weighted by atomic mass is 32.1. The van der Waals surface area contributed by atoms with Crippen LogP contribution in [0.25, 0.3) is 101 Å². The number of aryl methyl sites for hydroxylation is 17. The Morgan fingerprint density at radius 1 is 0.399 bits per heavy atom. The minimum atomic E-state index is -0.719. The molecule has 20 rings (SSSR count). The number of rotatable bonds is 21. The topological polar surface area (TPSA) is 310 Å². The van der Waals surface area contributed by atoms with E-state index in [2.05, 4.69) is 38.3 Å². The maximum atomic E-state index is 12.8. The SMILES string of the molecule is CC(=O)C(OC(C)(C)C)c1c(C)nc2sc3c(c2c1-c1ccc(=O)n(C)c1)CCCC3.CC(=O)C(OC(C)(C)C)c1c(C)nc2sc3c(c2c1-c1ccc(CO)nc1)CCCC3.CC(=O)C(OC(C)(C)C)c1c(C)nc2sc3c(c2c1-c1ccn[nH]1)CCCC3.CC(=O)C(OC(C)(C)C)c1c(C)nc2sc3c(c2c1-c1cnn(C)c1C)CCCC3.CC(=O)C(OC(C)(C)C)c1c(C)nc2sc3c(c2c1C1=CCN=C1)CCCC3. The summed E-state index contributed by atoms with van der Waals surface area (Å²) in [6.45, 7) is 50.2. The number of hydrogen-bond acceptors (Lipinski definition) is 26. The molecule has 29 heteroatoms. The van der Waals surface area contributed by atoms with Gasteiger partial charge in [-0.25, -0.2) is 24.9 Å². The van der Waals surface area contributed by atoms with Crippen molar-refractivity contribution >= 4 is 148 Å². The molecule has 15 heterocycles. The van der Waals surface area contributed by atoms with Gasteiger partial charge in [0.15, 0.2) is 28.9 Å². The van der Waals surface area contributed by atoms with Crippen LogP contribution in [0.1, 0.15) is 359 Å². The Hall–Kier alpha value is -10.4. The summed E-state index contributed by atoms with van der Waals surface area (Å²) in [6.07, 6.45) is 30.9. The number of aliphatic hydroxyl groups excluding tert-OH is 1. The molecule has 148 heavy (non-hydrogen) atoms. The number of pyridine rings is 7. The van der Waals surface area contributed by atoms with Gasteiger partial charge in [-0.2, -0.15) is 10.2 Å². The summed E-state index contributed by atoms with van der Waals surface area (Å²) < 4.78 is 34.9. The molecular formula is C119H146N12O12S5. The standard InChI is InChI=1S/2C25H30N2O3S.C24H31N3O2S.C23H28N2O2S.C22H27N3O2S/c1-14-20(23(15(2)28)30-25(3,4)5)21(16-11-12-19(29)27(6)13-16)22-17-9-7-8-10-18(17)31-24(22)26-14;1-14-20(23(15(2)29)30-25(3,4)5)21(16-10-11-17(13-28)26-12-16)22-18-8-6-7-9-19(18)31-24(22)27-14;1-13-19(22(15(3)28)29-24(4,5)6)20(17-12-25-27(7)14(17)2)21-16-10-8-9-11-18(16)30-23(21)26-13;1-13-18(21(14(2)26)27-23(3,4)5)19(15-10-11-24-12-15)20-16-8-6-7-9-17(16)28-22(20)25-13;1-12-17(20(13(2)26)27-22(3,4)5)19(15-10-11-23-25-15)18-14-8-6-7-9-16(14)28-21(18)24-12/h11-13,23H,7-10H2,1-6H3;10-12,23,28H,6-9,13H2,1-5H3;12,22H,8-11H2,1-7H3;10,12,21H,6-9,11H2,1-5H3;10-11,20H,6-9H2,1-5H3,(H,23,25). The van der Waals surface area contributed by atoms with Crippen LogP contribution in [-0.2, 0) is 133 Å². The zero-order valence-corrected chi connectivity index (χ0v) is 95.8. The molecule has 0 spiro atoms. The second kappa shape index (κ2) is 44.5. The van der Waals surface area contributed by atoms with Gasteiger partial charge in [0, 0.05) is 197 Å². The van der Waals surface area contributed by atoms with Crippen molar-refractivity contribution in [3.63, 3.8) is 0 Å². The maximum Gasteiger partial charge on any atom is 0.250 e. The molecule has 14 aromatic heterocycles. The molecule has 0 fully saturated rings. The zero-order chi connectivity index (χ0) is 107. The number of H-pyrrole nitrogens is 1. The molecule has 0 saturated heterocycles. The Morgan fingerprint density at radius 3 is 1.00 bits per heavy atom. The van der Waals surface area contributed by atoms with Crippen molar-refractivity contribution in [1.29, 1.82) is 0 Å². The monoisotopic (exact) mass is 2090 g/mol. The van der Waals surface area contributed by atoms with Gasteiger partial charge >= 0.3 is 0 Å². The lowest BCUT2D eigenvalue weighted by Gasteiger charge is -2.29. The summed E-state index contributed by atoms with van der Waals surface area (Å²) in [7, 11) is 3.72. The van der Waals surface area contributed by atoms with Crippen molar-refractivity contribution < 1.29 is 52.8 Å².